The first kappa shape index (κ1) is 28.7. The summed E-state index contributed by atoms with van der Waals surface area (Å²) in [6.07, 6.45) is 0. The van der Waals surface area contributed by atoms with Crippen LogP contribution in [-0.4, -0.2) is 11.0 Å². The Morgan fingerprint density at radius 1 is 0.636 bits per heavy atom. The molecule has 0 saturated carbocycles. The van der Waals surface area contributed by atoms with Gasteiger partial charge in [0.15, 0.2) is 0 Å². The smallest absolute Gasteiger partial charge is 0.273 e. The van der Waals surface area contributed by atoms with Crippen LogP contribution in [0.2, 0.25) is 0 Å². The molecule has 2 aromatic rings. The van der Waals surface area contributed by atoms with Crippen molar-refractivity contribution in [3.05, 3.63) is 58.7 Å². The highest BCUT2D eigenvalue weighted by atomic mass is 35.7. The zero-order valence-corrected chi connectivity index (χ0v) is 24.7. The van der Waals surface area contributed by atoms with Crippen LogP contribution in [0, 0.1) is 0 Å². The van der Waals surface area contributed by atoms with Gasteiger partial charge in [0.25, 0.3) is 15.3 Å². The molecule has 0 aromatic heterocycles. The SMILES string of the molecule is CCN(P(Cl)Oc1c(C(C)C)cccc1C(C)C)P(Cl)Oc1c(C(C)C)cccc1C(C)C. The first-order valence-corrected chi connectivity index (χ1v) is 16.0. The summed E-state index contributed by atoms with van der Waals surface area (Å²) in [4.78, 5) is 0. The third-order valence-corrected chi connectivity index (χ3v) is 10.7. The molecule has 2 aromatic carbocycles. The van der Waals surface area contributed by atoms with Gasteiger partial charge in [-0.3, -0.25) is 0 Å². The van der Waals surface area contributed by atoms with Crippen LogP contribution >= 0.6 is 37.8 Å². The minimum Gasteiger partial charge on any atom is -0.444 e. The Labute approximate surface area is 213 Å². The minimum atomic E-state index is -1.51. The molecule has 7 heteroatoms. The summed E-state index contributed by atoms with van der Waals surface area (Å²) in [5, 5.41) is 0. The van der Waals surface area contributed by atoms with Crippen LogP contribution in [0.15, 0.2) is 36.4 Å². The molecule has 2 unspecified atom stereocenters. The molecule has 0 aliphatic heterocycles. The molecule has 0 saturated heterocycles. The summed E-state index contributed by atoms with van der Waals surface area (Å²) in [6, 6.07) is 12.7. The summed E-state index contributed by atoms with van der Waals surface area (Å²) in [5.41, 5.74) is 4.66. The van der Waals surface area contributed by atoms with Crippen LogP contribution in [0.3, 0.4) is 0 Å². The molecular weight excluding hydrogens is 491 g/mol. The van der Waals surface area contributed by atoms with Gasteiger partial charge in [-0.1, -0.05) is 98.7 Å². The third-order valence-electron chi connectivity index (χ3n) is 5.62. The van der Waals surface area contributed by atoms with Gasteiger partial charge in [0.2, 0.25) is 0 Å². The van der Waals surface area contributed by atoms with Crippen molar-refractivity contribution in [1.29, 1.82) is 0 Å². The van der Waals surface area contributed by atoms with Gasteiger partial charge in [0.05, 0.1) is 0 Å². The zero-order chi connectivity index (χ0) is 24.9. The number of halogens is 2. The highest BCUT2D eigenvalue weighted by Crippen LogP contribution is 2.63. The number of rotatable bonds is 11. The Morgan fingerprint density at radius 3 is 1.12 bits per heavy atom. The average Bonchev–Trinajstić information content (AvgIpc) is 2.73. The second-order valence-electron chi connectivity index (χ2n) is 9.47. The van der Waals surface area contributed by atoms with E-state index in [0.29, 0.717) is 30.2 Å². The van der Waals surface area contributed by atoms with E-state index in [4.69, 9.17) is 31.5 Å². The maximum Gasteiger partial charge on any atom is 0.273 e. The first-order chi connectivity index (χ1) is 15.5. The number of benzene rings is 2. The van der Waals surface area contributed by atoms with E-state index >= 15 is 0 Å². The van der Waals surface area contributed by atoms with Crippen molar-refractivity contribution < 1.29 is 9.05 Å². The van der Waals surface area contributed by atoms with E-state index in [9.17, 15) is 0 Å². The van der Waals surface area contributed by atoms with E-state index in [2.05, 4.69) is 91.8 Å². The molecule has 0 aliphatic rings. The molecular formula is C26H39Cl2NO2P2. The van der Waals surface area contributed by atoms with Gasteiger partial charge < -0.3 is 9.05 Å². The fourth-order valence-electron chi connectivity index (χ4n) is 3.70. The standard InChI is InChI=1S/C26H39Cl2NO2P2/c1-10-29(32(27)30-25-21(17(2)3)13-11-14-22(25)18(4)5)33(28)31-26-23(19(6)7)15-12-16-24(26)20(8)9/h11-20H,10H2,1-9H3. The maximum absolute atomic E-state index is 6.92. The zero-order valence-electron chi connectivity index (χ0n) is 21.4. The minimum absolute atomic E-state index is 0.328. The molecule has 0 spiro atoms. The Hall–Kier alpha value is -0.560. The van der Waals surface area contributed by atoms with Gasteiger partial charge in [-0.05, 0) is 68.4 Å². The summed E-state index contributed by atoms with van der Waals surface area (Å²) < 4.78 is 14.9. The fourth-order valence-corrected chi connectivity index (χ4v) is 8.19. The Morgan fingerprint density at radius 2 is 0.909 bits per heavy atom. The largest absolute Gasteiger partial charge is 0.444 e. The van der Waals surface area contributed by atoms with Crippen LogP contribution in [-0.2, 0) is 0 Å². The van der Waals surface area contributed by atoms with E-state index in [-0.39, 0.29) is 0 Å². The lowest BCUT2D eigenvalue weighted by Crippen LogP contribution is -2.14. The van der Waals surface area contributed by atoms with Gasteiger partial charge in [-0.2, -0.15) is 4.44 Å². The van der Waals surface area contributed by atoms with Crippen molar-refractivity contribution in [2.45, 2.75) is 86.0 Å². The predicted octanol–water partition coefficient (Wildman–Crippen LogP) is 10.9. The second kappa shape index (κ2) is 12.9. The van der Waals surface area contributed by atoms with Crippen LogP contribution in [0.5, 0.6) is 11.5 Å². The van der Waals surface area contributed by atoms with Crippen molar-refractivity contribution in [3.63, 3.8) is 0 Å². The summed E-state index contributed by atoms with van der Waals surface area (Å²) in [5.74, 6) is 3.08. The lowest BCUT2D eigenvalue weighted by molar-refractivity contribution is 0.515. The van der Waals surface area contributed by atoms with Gasteiger partial charge in [0, 0.05) is 6.54 Å². The molecule has 3 nitrogen and oxygen atoms in total. The molecule has 0 fully saturated rings. The van der Waals surface area contributed by atoms with E-state index < -0.39 is 15.3 Å². The van der Waals surface area contributed by atoms with Crippen molar-refractivity contribution in [2.75, 3.05) is 6.54 Å². The van der Waals surface area contributed by atoms with Gasteiger partial charge in [-0.15, -0.1) is 0 Å². The summed E-state index contributed by atoms with van der Waals surface area (Å²) >= 11 is 13.8. The highest BCUT2D eigenvalue weighted by molar-refractivity contribution is 7.91. The highest BCUT2D eigenvalue weighted by Gasteiger charge is 2.31. The Kier molecular flexibility index (Phi) is 11.2. The van der Waals surface area contributed by atoms with E-state index in [1.165, 1.54) is 0 Å². The van der Waals surface area contributed by atoms with Gasteiger partial charge in [-0.25, -0.2) is 0 Å². The third kappa shape index (κ3) is 7.22. The molecule has 0 N–H and O–H groups in total. The van der Waals surface area contributed by atoms with Crippen LogP contribution in [0.1, 0.15) is 108 Å². The van der Waals surface area contributed by atoms with Crippen LogP contribution < -0.4 is 9.05 Å². The fraction of sp³-hybridized carbons (Fsp3) is 0.538. The topological polar surface area (TPSA) is 21.7 Å². The molecule has 2 atom stereocenters. The first-order valence-electron chi connectivity index (χ1n) is 11.8. The molecule has 184 valence electrons. The summed E-state index contributed by atoms with van der Waals surface area (Å²) in [7, 11) is -3.02. The second-order valence-corrected chi connectivity index (χ2v) is 13.8. The van der Waals surface area contributed by atoms with E-state index in [1.54, 1.807) is 0 Å². The average molecular weight is 530 g/mol. The molecule has 0 aliphatic carbocycles. The molecule has 0 radical (unpaired) electrons. The van der Waals surface area contributed by atoms with E-state index in [1.807, 2.05) is 11.4 Å². The lowest BCUT2D eigenvalue weighted by atomic mass is 9.94. The summed E-state index contributed by atoms with van der Waals surface area (Å²) in [6.45, 7) is 20.1. The number of nitrogens with zero attached hydrogens (tertiary/aromatic N) is 1. The van der Waals surface area contributed by atoms with Crippen LogP contribution in [0.25, 0.3) is 0 Å². The number of hydrogen-bond donors (Lipinski definition) is 0. The monoisotopic (exact) mass is 529 g/mol. The maximum atomic E-state index is 6.92. The van der Waals surface area contributed by atoms with Gasteiger partial charge in [0.1, 0.15) is 11.5 Å². The molecule has 0 bridgehead atoms. The normalized spacial score (nSPS) is 13.9. The molecule has 0 heterocycles. The Bertz CT molecular complexity index is 782. The van der Waals surface area contributed by atoms with Crippen LogP contribution in [0.4, 0.5) is 0 Å². The van der Waals surface area contributed by atoms with Crippen molar-refractivity contribution >= 4 is 37.8 Å². The molecule has 0 amide bonds. The number of para-hydroxylation sites is 2. The number of hydrogen-bond acceptors (Lipinski definition) is 3. The lowest BCUT2D eigenvalue weighted by Gasteiger charge is -2.31. The molecule has 2 rings (SSSR count). The Balaban J connectivity index is 2.36. The van der Waals surface area contributed by atoms with E-state index in [0.717, 1.165) is 33.8 Å². The predicted molar refractivity (Wildman–Crippen MR) is 148 cm³/mol. The van der Waals surface area contributed by atoms with Crippen molar-refractivity contribution in [3.8, 4) is 11.5 Å². The van der Waals surface area contributed by atoms with Gasteiger partial charge >= 0.3 is 0 Å². The molecule has 33 heavy (non-hydrogen) atoms. The quantitative estimate of drug-likeness (QED) is 0.270. The van der Waals surface area contributed by atoms with Crippen molar-refractivity contribution in [1.82, 2.24) is 4.44 Å². The van der Waals surface area contributed by atoms with Crippen molar-refractivity contribution in [2.24, 2.45) is 0 Å².